The molecule has 3 nitrogen and oxygen atoms in total. The second-order valence-corrected chi connectivity index (χ2v) is 4.98. The van der Waals surface area contributed by atoms with Crippen LogP contribution in [0, 0.1) is 6.92 Å². The zero-order chi connectivity index (χ0) is 12.7. The van der Waals surface area contributed by atoms with Crippen LogP contribution < -0.4 is 5.32 Å². The number of nitrogens with one attached hydrogen (secondary N) is 1. The Kier molecular flexibility index (Phi) is 6.08. The van der Waals surface area contributed by atoms with E-state index in [1.165, 1.54) is 0 Å². The van der Waals surface area contributed by atoms with E-state index in [0.717, 1.165) is 17.2 Å². The van der Waals surface area contributed by atoms with Crippen LogP contribution in [0.5, 0.6) is 0 Å². The van der Waals surface area contributed by atoms with Gasteiger partial charge in [0.15, 0.2) is 0 Å². The Hall–Kier alpha value is -1.00. The van der Waals surface area contributed by atoms with Crippen molar-refractivity contribution in [2.24, 2.45) is 0 Å². The molecule has 1 heterocycles. The van der Waals surface area contributed by atoms with Gasteiger partial charge in [-0.3, -0.25) is 4.79 Å². The number of rotatable bonds is 6. The summed E-state index contributed by atoms with van der Waals surface area (Å²) in [5.74, 6) is 1.66. The largest absolute Gasteiger partial charge is 0.351 e. The SMILES string of the molecule is C=CCSCCNC(=O)c1cc(C)nc(Cl)c1. The first-order valence-electron chi connectivity index (χ1n) is 5.24. The molecule has 0 unspecified atom stereocenters. The van der Waals surface area contributed by atoms with Crippen LogP contribution >= 0.6 is 23.4 Å². The monoisotopic (exact) mass is 270 g/mol. The van der Waals surface area contributed by atoms with Crippen LogP contribution in [0.25, 0.3) is 0 Å². The number of hydrogen-bond donors (Lipinski definition) is 1. The van der Waals surface area contributed by atoms with Crippen molar-refractivity contribution in [3.8, 4) is 0 Å². The first-order valence-corrected chi connectivity index (χ1v) is 6.78. The quantitative estimate of drug-likeness (QED) is 0.491. The molecular weight excluding hydrogens is 256 g/mol. The Labute approximate surface area is 111 Å². The first kappa shape index (κ1) is 14.1. The van der Waals surface area contributed by atoms with Gasteiger partial charge in [0.2, 0.25) is 0 Å². The maximum absolute atomic E-state index is 11.8. The minimum absolute atomic E-state index is 0.114. The Morgan fingerprint density at radius 1 is 1.65 bits per heavy atom. The summed E-state index contributed by atoms with van der Waals surface area (Å²) in [5.41, 5.74) is 1.29. The Bertz CT molecular complexity index is 389. The Morgan fingerprint density at radius 2 is 2.41 bits per heavy atom. The highest BCUT2D eigenvalue weighted by atomic mass is 35.5. The van der Waals surface area contributed by atoms with Crippen LogP contribution in [-0.4, -0.2) is 28.9 Å². The zero-order valence-corrected chi connectivity index (χ0v) is 11.3. The summed E-state index contributed by atoms with van der Waals surface area (Å²) in [6.45, 7) is 6.07. The van der Waals surface area contributed by atoms with E-state index < -0.39 is 0 Å². The molecule has 0 aliphatic rings. The summed E-state index contributed by atoms with van der Waals surface area (Å²) in [5, 5.41) is 3.18. The van der Waals surface area contributed by atoms with Crippen molar-refractivity contribution < 1.29 is 4.79 Å². The number of nitrogens with zero attached hydrogens (tertiary/aromatic N) is 1. The number of carbonyl (C=O) groups is 1. The predicted molar refractivity (Wildman–Crippen MR) is 73.8 cm³/mol. The smallest absolute Gasteiger partial charge is 0.251 e. The van der Waals surface area contributed by atoms with Gasteiger partial charge >= 0.3 is 0 Å². The van der Waals surface area contributed by atoms with E-state index in [1.54, 1.807) is 23.9 Å². The van der Waals surface area contributed by atoms with Gasteiger partial charge in [-0.15, -0.1) is 6.58 Å². The van der Waals surface area contributed by atoms with Gasteiger partial charge < -0.3 is 5.32 Å². The van der Waals surface area contributed by atoms with Gasteiger partial charge in [-0.05, 0) is 19.1 Å². The summed E-state index contributed by atoms with van der Waals surface area (Å²) >= 11 is 7.52. The number of carbonyl (C=O) groups excluding carboxylic acids is 1. The van der Waals surface area contributed by atoms with Gasteiger partial charge in [-0.25, -0.2) is 4.98 Å². The highest BCUT2D eigenvalue weighted by Crippen LogP contribution is 2.10. The molecule has 0 bridgehead atoms. The molecular formula is C12H15ClN2OS. The Morgan fingerprint density at radius 3 is 3.06 bits per heavy atom. The predicted octanol–water partition coefficient (Wildman–Crippen LogP) is 2.69. The normalized spacial score (nSPS) is 10.0. The third-order valence-electron chi connectivity index (χ3n) is 1.95. The van der Waals surface area contributed by atoms with Gasteiger partial charge in [0.1, 0.15) is 5.15 Å². The number of amides is 1. The fourth-order valence-corrected chi connectivity index (χ4v) is 2.10. The van der Waals surface area contributed by atoms with Gasteiger partial charge in [0, 0.05) is 29.3 Å². The van der Waals surface area contributed by atoms with E-state index in [0.29, 0.717) is 17.3 Å². The molecule has 1 N–H and O–H groups in total. The van der Waals surface area contributed by atoms with Crippen LogP contribution in [-0.2, 0) is 0 Å². The summed E-state index contributed by atoms with van der Waals surface area (Å²) in [6, 6.07) is 3.29. The maximum Gasteiger partial charge on any atom is 0.251 e. The van der Waals surface area contributed by atoms with Crippen LogP contribution in [0.15, 0.2) is 24.8 Å². The van der Waals surface area contributed by atoms with Crippen LogP contribution in [0.4, 0.5) is 0 Å². The fraction of sp³-hybridized carbons (Fsp3) is 0.333. The summed E-state index contributed by atoms with van der Waals surface area (Å²) in [4.78, 5) is 15.8. The van der Waals surface area contributed by atoms with Gasteiger partial charge in [-0.2, -0.15) is 11.8 Å². The van der Waals surface area contributed by atoms with Crippen LogP contribution in [0.3, 0.4) is 0 Å². The molecule has 1 aromatic rings. The van der Waals surface area contributed by atoms with E-state index >= 15 is 0 Å². The fourth-order valence-electron chi connectivity index (χ4n) is 1.26. The molecule has 92 valence electrons. The molecule has 1 aromatic heterocycles. The van der Waals surface area contributed by atoms with Crippen molar-refractivity contribution >= 4 is 29.3 Å². The van der Waals surface area contributed by atoms with Gasteiger partial charge in [0.25, 0.3) is 5.91 Å². The second-order valence-electron chi connectivity index (χ2n) is 3.44. The number of hydrogen-bond acceptors (Lipinski definition) is 3. The summed E-state index contributed by atoms with van der Waals surface area (Å²) in [7, 11) is 0. The van der Waals surface area contributed by atoms with Crippen LogP contribution in [0.1, 0.15) is 16.1 Å². The lowest BCUT2D eigenvalue weighted by atomic mass is 10.2. The standard InChI is InChI=1S/C12H15ClN2OS/c1-3-5-17-6-4-14-12(16)10-7-9(2)15-11(13)8-10/h3,7-8H,1,4-6H2,2H3,(H,14,16). The Balaban J connectivity index is 2.44. The van der Waals surface area contributed by atoms with E-state index in [4.69, 9.17) is 11.6 Å². The molecule has 0 aliphatic heterocycles. The van der Waals surface area contributed by atoms with E-state index in [1.807, 2.05) is 13.0 Å². The van der Waals surface area contributed by atoms with E-state index in [9.17, 15) is 4.79 Å². The number of pyridine rings is 1. The summed E-state index contributed by atoms with van der Waals surface area (Å²) < 4.78 is 0. The third-order valence-corrected chi connectivity index (χ3v) is 3.11. The molecule has 1 rings (SSSR count). The molecule has 0 saturated heterocycles. The lowest BCUT2D eigenvalue weighted by Gasteiger charge is -2.05. The minimum atomic E-state index is -0.114. The van der Waals surface area contributed by atoms with E-state index in [-0.39, 0.29) is 5.91 Å². The second kappa shape index (κ2) is 7.35. The number of thioether (sulfide) groups is 1. The van der Waals surface area contributed by atoms with Crippen molar-refractivity contribution in [2.75, 3.05) is 18.1 Å². The molecule has 0 saturated carbocycles. The molecule has 0 aliphatic carbocycles. The molecule has 0 radical (unpaired) electrons. The molecule has 0 spiro atoms. The number of aryl methyl sites for hydroxylation is 1. The molecule has 0 fully saturated rings. The van der Waals surface area contributed by atoms with Crippen LogP contribution in [0.2, 0.25) is 5.15 Å². The minimum Gasteiger partial charge on any atom is -0.351 e. The van der Waals surface area contributed by atoms with Gasteiger partial charge in [0.05, 0.1) is 0 Å². The lowest BCUT2D eigenvalue weighted by molar-refractivity contribution is 0.0956. The van der Waals surface area contributed by atoms with Crippen molar-refractivity contribution in [2.45, 2.75) is 6.92 Å². The van der Waals surface area contributed by atoms with E-state index in [2.05, 4.69) is 16.9 Å². The first-order chi connectivity index (χ1) is 8.13. The maximum atomic E-state index is 11.8. The number of aromatic nitrogens is 1. The topological polar surface area (TPSA) is 42.0 Å². The third kappa shape index (κ3) is 5.24. The average molecular weight is 271 g/mol. The lowest BCUT2D eigenvalue weighted by Crippen LogP contribution is -2.26. The highest BCUT2D eigenvalue weighted by molar-refractivity contribution is 7.99. The highest BCUT2D eigenvalue weighted by Gasteiger charge is 2.06. The van der Waals surface area contributed by atoms with Crippen molar-refractivity contribution in [3.63, 3.8) is 0 Å². The van der Waals surface area contributed by atoms with Crippen molar-refractivity contribution in [1.29, 1.82) is 0 Å². The van der Waals surface area contributed by atoms with Crippen molar-refractivity contribution in [3.05, 3.63) is 41.2 Å². The molecule has 5 heteroatoms. The van der Waals surface area contributed by atoms with Gasteiger partial charge in [-0.1, -0.05) is 17.7 Å². The number of halogens is 1. The average Bonchev–Trinajstić information content (AvgIpc) is 2.27. The zero-order valence-electron chi connectivity index (χ0n) is 9.70. The molecule has 17 heavy (non-hydrogen) atoms. The summed E-state index contributed by atoms with van der Waals surface area (Å²) in [6.07, 6.45) is 1.85. The molecule has 0 aromatic carbocycles. The molecule has 1 amide bonds. The van der Waals surface area contributed by atoms with Crippen molar-refractivity contribution in [1.82, 2.24) is 10.3 Å². The molecule has 0 atom stereocenters.